The van der Waals surface area contributed by atoms with Crippen molar-refractivity contribution in [3.05, 3.63) is 23.8 Å². The van der Waals surface area contributed by atoms with E-state index in [9.17, 15) is 0 Å². The lowest BCUT2D eigenvalue weighted by molar-refractivity contribution is 0.400. The lowest BCUT2D eigenvalue weighted by Crippen LogP contribution is -2.14. The summed E-state index contributed by atoms with van der Waals surface area (Å²) >= 11 is 0. The van der Waals surface area contributed by atoms with E-state index in [4.69, 9.17) is 5.73 Å². The molecule has 64 valence electrons. The number of nitrogens with two attached hydrogens (primary N) is 1. The first-order chi connectivity index (χ1) is 5.90. The Bertz CT molecular complexity index is 268. The second-order valence-corrected chi connectivity index (χ2v) is 3.24. The predicted octanol–water partition coefficient (Wildman–Crippen LogP) is 1.20. The third-order valence-electron chi connectivity index (χ3n) is 2.41. The largest absolute Gasteiger partial charge is 0.325 e. The summed E-state index contributed by atoms with van der Waals surface area (Å²) in [5, 5.41) is 0. The summed E-state index contributed by atoms with van der Waals surface area (Å²) in [6.45, 7) is 0.516. The fraction of sp³-hybridized carbons (Fsp3) is 0.556. The molecule has 3 nitrogen and oxygen atoms in total. The van der Waals surface area contributed by atoms with Gasteiger partial charge in [0.15, 0.2) is 0 Å². The van der Waals surface area contributed by atoms with Crippen LogP contribution in [0.3, 0.4) is 0 Å². The molecule has 0 radical (unpaired) electrons. The standard InChI is InChI=1S/C9H13N3/c10-6-8-4-5-11-9(12-8)7-2-1-3-7/h4-5,7H,1-3,6,10H2. The molecule has 1 fully saturated rings. The lowest BCUT2D eigenvalue weighted by Gasteiger charge is -2.23. The van der Waals surface area contributed by atoms with Gasteiger partial charge in [-0.15, -0.1) is 0 Å². The van der Waals surface area contributed by atoms with Crippen molar-refractivity contribution in [2.45, 2.75) is 31.7 Å². The zero-order valence-electron chi connectivity index (χ0n) is 7.03. The van der Waals surface area contributed by atoms with Crippen LogP contribution in [-0.4, -0.2) is 9.97 Å². The van der Waals surface area contributed by atoms with Crippen LogP contribution in [0, 0.1) is 0 Å². The number of rotatable bonds is 2. The zero-order chi connectivity index (χ0) is 8.39. The second kappa shape index (κ2) is 3.19. The molecule has 3 heteroatoms. The second-order valence-electron chi connectivity index (χ2n) is 3.24. The van der Waals surface area contributed by atoms with E-state index in [1.165, 1.54) is 19.3 Å². The van der Waals surface area contributed by atoms with E-state index < -0.39 is 0 Å². The lowest BCUT2D eigenvalue weighted by atomic mass is 9.85. The smallest absolute Gasteiger partial charge is 0.131 e. The monoisotopic (exact) mass is 163 g/mol. The molecule has 2 N–H and O–H groups in total. The van der Waals surface area contributed by atoms with Crippen molar-refractivity contribution in [3.8, 4) is 0 Å². The van der Waals surface area contributed by atoms with Gasteiger partial charge in [0.1, 0.15) is 5.82 Å². The van der Waals surface area contributed by atoms with Gasteiger partial charge in [-0.2, -0.15) is 0 Å². The van der Waals surface area contributed by atoms with Gasteiger partial charge in [-0.3, -0.25) is 0 Å². The molecule has 1 aromatic heterocycles. The summed E-state index contributed by atoms with van der Waals surface area (Å²) in [7, 11) is 0. The molecule has 12 heavy (non-hydrogen) atoms. The quantitative estimate of drug-likeness (QED) is 0.712. The minimum Gasteiger partial charge on any atom is -0.325 e. The molecule has 2 rings (SSSR count). The van der Waals surface area contributed by atoms with Crippen LogP contribution in [0.15, 0.2) is 12.3 Å². The molecule has 0 spiro atoms. The van der Waals surface area contributed by atoms with E-state index >= 15 is 0 Å². The highest BCUT2D eigenvalue weighted by atomic mass is 14.9. The van der Waals surface area contributed by atoms with Gasteiger partial charge >= 0.3 is 0 Å². The van der Waals surface area contributed by atoms with Gasteiger partial charge in [-0.25, -0.2) is 9.97 Å². The van der Waals surface area contributed by atoms with Crippen LogP contribution in [0.25, 0.3) is 0 Å². The zero-order valence-corrected chi connectivity index (χ0v) is 7.03. The van der Waals surface area contributed by atoms with Gasteiger partial charge in [0, 0.05) is 18.7 Å². The molecule has 1 heterocycles. The summed E-state index contributed by atoms with van der Waals surface area (Å²) in [5.41, 5.74) is 6.44. The van der Waals surface area contributed by atoms with Gasteiger partial charge in [0.2, 0.25) is 0 Å². The van der Waals surface area contributed by atoms with Crippen LogP contribution in [-0.2, 0) is 6.54 Å². The fourth-order valence-corrected chi connectivity index (χ4v) is 1.39. The Kier molecular flexibility index (Phi) is 2.04. The van der Waals surface area contributed by atoms with Crippen molar-refractivity contribution in [1.29, 1.82) is 0 Å². The summed E-state index contributed by atoms with van der Waals surface area (Å²) in [4.78, 5) is 8.62. The third-order valence-corrected chi connectivity index (χ3v) is 2.41. The minimum absolute atomic E-state index is 0.516. The van der Waals surface area contributed by atoms with Crippen LogP contribution < -0.4 is 5.73 Å². The molecular formula is C9H13N3. The molecule has 0 aliphatic heterocycles. The number of hydrogen-bond acceptors (Lipinski definition) is 3. The highest BCUT2D eigenvalue weighted by molar-refractivity contribution is 5.07. The van der Waals surface area contributed by atoms with Crippen molar-refractivity contribution in [2.24, 2.45) is 5.73 Å². The maximum atomic E-state index is 5.49. The van der Waals surface area contributed by atoms with Crippen molar-refractivity contribution >= 4 is 0 Å². The van der Waals surface area contributed by atoms with Crippen molar-refractivity contribution in [1.82, 2.24) is 9.97 Å². The van der Waals surface area contributed by atoms with Crippen molar-refractivity contribution < 1.29 is 0 Å². The molecule has 0 atom stereocenters. The highest BCUT2D eigenvalue weighted by Crippen LogP contribution is 2.33. The van der Waals surface area contributed by atoms with E-state index in [1.54, 1.807) is 0 Å². The maximum Gasteiger partial charge on any atom is 0.131 e. The summed E-state index contributed by atoms with van der Waals surface area (Å²) in [5.74, 6) is 1.60. The first-order valence-electron chi connectivity index (χ1n) is 4.42. The molecule has 1 saturated carbocycles. The molecule has 0 unspecified atom stereocenters. The first-order valence-corrected chi connectivity index (χ1v) is 4.42. The maximum absolute atomic E-state index is 5.49. The molecule has 1 aromatic rings. The van der Waals surface area contributed by atoms with E-state index in [0.29, 0.717) is 12.5 Å². The Morgan fingerprint density at radius 1 is 1.50 bits per heavy atom. The van der Waals surface area contributed by atoms with Gasteiger partial charge in [0.25, 0.3) is 0 Å². The normalized spacial score (nSPS) is 17.4. The average molecular weight is 163 g/mol. The van der Waals surface area contributed by atoms with E-state index in [-0.39, 0.29) is 0 Å². The van der Waals surface area contributed by atoms with Gasteiger partial charge in [0.05, 0.1) is 5.69 Å². The summed E-state index contributed by atoms with van der Waals surface area (Å²) in [6.07, 6.45) is 5.62. The van der Waals surface area contributed by atoms with Crippen molar-refractivity contribution in [3.63, 3.8) is 0 Å². The molecule has 0 saturated heterocycles. The van der Waals surface area contributed by atoms with Crippen LogP contribution in [0.2, 0.25) is 0 Å². The molecule has 1 aliphatic carbocycles. The van der Waals surface area contributed by atoms with Gasteiger partial charge in [-0.1, -0.05) is 6.42 Å². The molecule has 0 aromatic carbocycles. The fourth-order valence-electron chi connectivity index (χ4n) is 1.39. The van der Waals surface area contributed by atoms with Crippen LogP contribution in [0.5, 0.6) is 0 Å². The van der Waals surface area contributed by atoms with E-state index in [0.717, 1.165) is 11.5 Å². The first kappa shape index (κ1) is 7.68. The molecule has 0 bridgehead atoms. The summed E-state index contributed by atoms with van der Waals surface area (Å²) < 4.78 is 0. The Labute approximate surface area is 72.0 Å². The number of nitrogens with zero attached hydrogens (tertiary/aromatic N) is 2. The number of aromatic nitrogens is 2. The van der Waals surface area contributed by atoms with Gasteiger partial charge < -0.3 is 5.73 Å². The third kappa shape index (κ3) is 1.32. The van der Waals surface area contributed by atoms with E-state index in [1.807, 2.05) is 12.3 Å². The van der Waals surface area contributed by atoms with Crippen LogP contribution in [0.1, 0.15) is 36.7 Å². The molecule has 0 amide bonds. The SMILES string of the molecule is NCc1ccnc(C2CCC2)n1. The van der Waals surface area contributed by atoms with Crippen LogP contribution in [0.4, 0.5) is 0 Å². The Balaban J connectivity index is 2.19. The van der Waals surface area contributed by atoms with Crippen molar-refractivity contribution in [2.75, 3.05) is 0 Å². The Hall–Kier alpha value is -0.960. The Morgan fingerprint density at radius 2 is 2.33 bits per heavy atom. The minimum atomic E-state index is 0.516. The van der Waals surface area contributed by atoms with E-state index in [2.05, 4.69) is 9.97 Å². The predicted molar refractivity (Wildman–Crippen MR) is 46.5 cm³/mol. The van der Waals surface area contributed by atoms with Gasteiger partial charge in [-0.05, 0) is 18.9 Å². The topological polar surface area (TPSA) is 51.8 Å². The van der Waals surface area contributed by atoms with Crippen LogP contribution >= 0.6 is 0 Å². The molecular weight excluding hydrogens is 150 g/mol. The Morgan fingerprint density at radius 3 is 2.92 bits per heavy atom. The highest BCUT2D eigenvalue weighted by Gasteiger charge is 2.21. The summed E-state index contributed by atoms with van der Waals surface area (Å²) in [6, 6.07) is 1.88. The number of hydrogen-bond donors (Lipinski definition) is 1. The average Bonchev–Trinajstić information content (AvgIpc) is 2.02. The molecule has 1 aliphatic rings.